The number of nitrogens with one attached hydrogen (secondary N) is 3. The largest absolute Gasteiger partial charge is 0.449 e. The van der Waals surface area contributed by atoms with Gasteiger partial charge in [-0.15, -0.1) is 0 Å². The van der Waals surface area contributed by atoms with E-state index in [4.69, 9.17) is 14.3 Å². The van der Waals surface area contributed by atoms with E-state index in [9.17, 15) is 19.5 Å². The van der Waals surface area contributed by atoms with Crippen molar-refractivity contribution < 1.29 is 33.8 Å². The van der Waals surface area contributed by atoms with Crippen molar-refractivity contribution in [2.45, 2.75) is 186 Å². The zero-order valence-electron chi connectivity index (χ0n) is 42.7. The lowest BCUT2D eigenvalue weighted by atomic mass is 9.45. The minimum atomic E-state index is -0.738. The number of alkyl carbamates (subject to hydrolysis) is 1. The molecule has 7 saturated carbocycles. The van der Waals surface area contributed by atoms with Gasteiger partial charge in [0.1, 0.15) is 18.8 Å². The Bertz CT molecular complexity index is 1550. The molecule has 14 atom stereocenters. The molecule has 8 aliphatic rings. The molecule has 1 saturated heterocycles. The predicted molar refractivity (Wildman–Crippen MR) is 259 cm³/mol. The quantitative estimate of drug-likeness (QED) is 0.105. The molecular formula is C53H94N6O7. The fourth-order valence-electron chi connectivity index (χ4n) is 14.9. The number of carbonyl (C=O) groups is 3. The van der Waals surface area contributed by atoms with Crippen LogP contribution in [-0.2, 0) is 23.9 Å². The minimum absolute atomic E-state index is 0.0257. The topological polar surface area (TPSA) is 145 Å². The van der Waals surface area contributed by atoms with Gasteiger partial charge in [0.15, 0.2) is 0 Å². The van der Waals surface area contributed by atoms with Crippen LogP contribution in [0.1, 0.15) is 149 Å². The van der Waals surface area contributed by atoms with Crippen molar-refractivity contribution in [1.82, 2.24) is 30.8 Å². The van der Waals surface area contributed by atoms with Gasteiger partial charge in [0.05, 0.1) is 18.6 Å². The molecule has 6 unspecified atom stereocenters. The molecule has 4 N–H and O–H groups in total. The Balaban J connectivity index is 1.04. The summed E-state index contributed by atoms with van der Waals surface area (Å²) in [4.78, 5) is 53.5. The monoisotopic (exact) mass is 927 g/mol. The highest BCUT2D eigenvalue weighted by Gasteiger charge is 2.58. The Kier molecular flexibility index (Phi) is 18.6. The number of nitrogens with zero attached hydrogens (tertiary/aromatic N) is 3. The van der Waals surface area contributed by atoms with Crippen LogP contribution in [-0.4, -0.2) is 142 Å². The lowest BCUT2D eigenvalue weighted by Gasteiger charge is -2.62. The Morgan fingerprint density at radius 1 is 0.864 bits per heavy atom. The van der Waals surface area contributed by atoms with Crippen molar-refractivity contribution >= 4 is 17.9 Å². The third kappa shape index (κ3) is 12.6. The summed E-state index contributed by atoms with van der Waals surface area (Å²) in [7, 11) is 10.4. The van der Waals surface area contributed by atoms with Crippen LogP contribution >= 0.6 is 0 Å². The van der Waals surface area contributed by atoms with E-state index in [2.05, 4.69) is 74.7 Å². The van der Waals surface area contributed by atoms with E-state index in [-0.39, 0.29) is 66.4 Å². The molecule has 66 heavy (non-hydrogen) atoms. The Hall–Kier alpha value is -2.03. The molecule has 0 spiro atoms. The molecule has 13 nitrogen and oxygen atoms in total. The number of fused-ring (bicyclic) bond motifs is 2. The third-order valence-corrected chi connectivity index (χ3v) is 18.9. The van der Waals surface area contributed by atoms with Crippen LogP contribution in [0.2, 0.25) is 0 Å². The molecule has 0 radical (unpaired) electrons. The fourth-order valence-corrected chi connectivity index (χ4v) is 14.9. The van der Waals surface area contributed by atoms with Crippen LogP contribution < -0.4 is 16.0 Å². The molecule has 3 amide bonds. The fraction of sp³-hybridized carbons (Fsp3) is 0.943. The summed E-state index contributed by atoms with van der Waals surface area (Å²) < 4.78 is 12.4. The molecule has 8 rings (SSSR count). The summed E-state index contributed by atoms with van der Waals surface area (Å²) in [6, 6.07) is -0.224. The number of aliphatic hydroxyl groups is 1. The Labute approximate surface area is 399 Å². The first-order valence-corrected chi connectivity index (χ1v) is 27.1. The number of likely N-dealkylation sites (N-methyl/N-ethyl adjacent to an activating group) is 1. The molecule has 1 aliphatic heterocycles. The molecule has 7 aliphatic carbocycles. The zero-order chi connectivity index (χ0) is 47.1. The number of hydrogen-bond donors (Lipinski definition) is 4. The van der Waals surface area contributed by atoms with E-state index in [0.717, 1.165) is 64.3 Å². The summed E-state index contributed by atoms with van der Waals surface area (Å²) in [6.07, 6.45) is 21.4. The number of amides is 3. The van der Waals surface area contributed by atoms with Crippen molar-refractivity contribution in [1.29, 1.82) is 0 Å². The molecule has 8 fully saturated rings. The third-order valence-electron chi connectivity index (χ3n) is 18.9. The first-order chi connectivity index (χ1) is 31.7. The number of hydrogen-bond acceptors (Lipinski definition) is 10. The molecule has 0 aromatic rings. The van der Waals surface area contributed by atoms with Gasteiger partial charge in [0, 0.05) is 56.7 Å². The van der Waals surface area contributed by atoms with Gasteiger partial charge in [-0.25, -0.2) is 4.79 Å². The highest BCUT2D eigenvalue weighted by atomic mass is 16.7. The molecule has 13 heteroatoms. The first kappa shape index (κ1) is 51.8. The number of ether oxygens (including phenoxy) is 2. The second-order valence-corrected chi connectivity index (χ2v) is 24.0. The molecule has 0 aromatic carbocycles. The molecular weight excluding hydrogens is 833 g/mol. The van der Waals surface area contributed by atoms with Crippen LogP contribution in [0, 0.1) is 64.6 Å². The van der Waals surface area contributed by atoms with Crippen LogP contribution in [0.5, 0.6) is 0 Å². The van der Waals surface area contributed by atoms with Gasteiger partial charge >= 0.3 is 6.09 Å². The number of methoxy groups -OCH3 is 1. The molecule has 2 bridgehead atoms. The van der Waals surface area contributed by atoms with Crippen molar-refractivity contribution in [2.75, 3.05) is 68.1 Å². The van der Waals surface area contributed by atoms with E-state index >= 15 is 0 Å². The van der Waals surface area contributed by atoms with Crippen LogP contribution in [0.25, 0.3) is 0 Å². The summed E-state index contributed by atoms with van der Waals surface area (Å²) >= 11 is 0. The second kappa shape index (κ2) is 23.7. The molecule has 1 heterocycles. The van der Waals surface area contributed by atoms with Crippen LogP contribution in [0.4, 0.5) is 4.79 Å². The van der Waals surface area contributed by atoms with Gasteiger partial charge in [0.25, 0.3) is 0 Å². The smallest absolute Gasteiger partial charge is 0.407 e. The van der Waals surface area contributed by atoms with E-state index in [0.29, 0.717) is 54.6 Å². The summed E-state index contributed by atoms with van der Waals surface area (Å²) in [5.74, 6) is 2.97. The normalized spacial score (nSPS) is 37.0. The lowest BCUT2D eigenvalue weighted by Crippen LogP contribution is -2.62. The number of aliphatic hydroxyl groups excluding tert-OH is 1. The highest BCUT2D eigenvalue weighted by molar-refractivity contribution is 5.83. The predicted octanol–water partition coefficient (Wildman–Crippen LogP) is 7.26. The average Bonchev–Trinajstić information content (AvgIpc) is 3.65. The minimum Gasteiger partial charge on any atom is -0.449 e. The van der Waals surface area contributed by atoms with Crippen molar-refractivity contribution in [3.8, 4) is 0 Å². The summed E-state index contributed by atoms with van der Waals surface area (Å²) in [5, 5.41) is 22.7. The summed E-state index contributed by atoms with van der Waals surface area (Å²) in [6.45, 7) is 8.62. The number of hydroxylamine groups is 2. The maximum absolute atomic E-state index is 14.8. The van der Waals surface area contributed by atoms with Gasteiger partial charge in [0.2, 0.25) is 11.8 Å². The van der Waals surface area contributed by atoms with Gasteiger partial charge in [-0.1, -0.05) is 91.4 Å². The van der Waals surface area contributed by atoms with Gasteiger partial charge in [-0.2, -0.15) is 5.06 Å². The Morgan fingerprint density at radius 3 is 2.21 bits per heavy atom. The lowest BCUT2D eigenvalue weighted by molar-refractivity contribution is -0.193. The average molecular weight is 927 g/mol. The van der Waals surface area contributed by atoms with E-state index in [1.807, 2.05) is 12.2 Å². The maximum atomic E-state index is 14.8. The molecule has 0 aromatic heterocycles. The van der Waals surface area contributed by atoms with Crippen molar-refractivity contribution in [3.63, 3.8) is 0 Å². The first-order valence-electron chi connectivity index (χ1n) is 27.1. The SMILES string of the molecule is COC1C(CN2O[C@@H](CO)[C@@H](COC(=O)NCCC3CCCCC3)[C@H]2C(=O)N[C@H]2C[C@H]3C[C@@H]([C@@H]2C)C3(C)C)CCCC1C1CC(C(=O)N[C@@H](CC2CCCCC2)CN(C)C)CC(N(C)C)C1. The highest BCUT2D eigenvalue weighted by Crippen LogP contribution is 2.61. The van der Waals surface area contributed by atoms with Crippen LogP contribution in [0.15, 0.2) is 0 Å². The number of rotatable bonds is 19. The van der Waals surface area contributed by atoms with Crippen LogP contribution in [0.3, 0.4) is 0 Å². The van der Waals surface area contributed by atoms with Crippen molar-refractivity contribution in [3.05, 3.63) is 0 Å². The number of carbonyl (C=O) groups excluding carboxylic acids is 3. The standard InChI is InChI=1S/C53H94N6O7/c1-34-45-28-40(53(45,2)3)29-46(34)56-51(62)48-44(33-65-52(63)54-23-22-35-16-11-9-12-17-35)47(32-60)66-59(48)30-37-20-15-21-43(49(37)64-8)38-25-39(27-42(26-38)58(6)7)50(61)55-41(31-57(4)5)24-36-18-13-10-14-19-36/h34-49,60H,9-33H2,1-8H3,(H,54,63)(H,55,61)(H,56,62)/t34-,37?,38?,39?,40+,41-,42?,43?,44+,45-,46-,47-,48-,49?/m0/s1. The van der Waals surface area contributed by atoms with E-state index in [1.54, 1.807) is 0 Å². The van der Waals surface area contributed by atoms with Gasteiger partial charge in [-0.3, -0.25) is 14.4 Å². The zero-order valence-corrected chi connectivity index (χ0v) is 42.7. The van der Waals surface area contributed by atoms with Crippen molar-refractivity contribution in [2.24, 2.45) is 64.6 Å². The van der Waals surface area contributed by atoms with Gasteiger partial charge in [-0.05, 0) is 133 Å². The summed E-state index contributed by atoms with van der Waals surface area (Å²) in [5.41, 5.74) is 0.288. The maximum Gasteiger partial charge on any atom is 0.407 e. The van der Waals surface area contributed by atoms with E-state index in [1.165, 1.54) is 70.6 Å². The Morgan fingerprint density at radius 2 is 1.58 bits per heavy atom. The van der Waals surface area contributed by atoms with E-state index < -0.39 is 24.2 Å². The second-order valence-electron chi connectivity index (χ2n) is 24.0. The molecule has 378 valence electrons. The van der Waals surface area contributed by atoms with Gasteiger partial charge < -0.3 is 40.3 Å².